The van der Waals surface area contributed by atoms with Crippen molar-refractivity contribution in [1.29, 1.82) is 0 Å². The Labute approximate surface area is 142 Å². The molecule has 0 aliphatic rings. The van der Waals surface area contributed by atoms with Gasteiger partial charge in [-0.2, -0.15) is 0 Å². The van der Waals surface area contributed by atoms with E-state index >= 15 is 0 Å². The van der Waals surface area contributed by atoms with Gasteiger partial charge in [0.1, 0.15) is 0 Å². The lowest BCUT2D eigenvalue weighted by Crippen LogP contribution is -2.12. The number of carbonyl (C=O) groups is 2. The summed E-state index contributed by atoms with van der Waals surface area (Å²) in [5.74, 6) is -0.105. The average Bonchev–Trinajstić information content (AvgIpc) is 3.30. The molecule has 122 valence electrons. The maximum atomic E-state index is 12.5. The number of thiophene rings is 1. The molecule has 2 aromatic heterocycles. The van der Waals surface area contributed by atoms with Crippen LogP contribution in [0.4, 0.5) is 0 Å². The second kappa shape index (κ2) is 7.18. The third kappa shape index (κ3) is 3.41. The molecular formula is C17H14N2O4S. The van der Waals surface area contributed by atoms with Crippen LogP contribution in [0.25, 0.3) is 0 Å². The molecule has 0 saturated heterocycles. The van der Waals surface area contributed by atoms with E-state index in [1.807, 2.05) is 12.3 Å². The molecule has 0 aliphatic heterocycles. The zero-order valence-electron chi connectivity index (χ0n) is 12.9. The molecule has 0 spiro atoms. The van der Waals surface area contributed by atoms with Crippen molar-refractivity contribution in [2.75, 3.05) is 0 Å². The Morgan fingerprint density at radius 1 is 1.08 bits per heavy atom. The molecule has 24 heavy (non-hydrogen) atoms. The minimum absolute atomic E-state index is 0.132. The minimum atomic E-state index is -0.605. The fourth-order valence-corrected chi connectivity index (χ4v) is 2.77. The molecule has 0 atom stereocenters. The van der Waals surface area contributed by atoms with Gasteiger partial charge >= 0.3 is 5.97 Å². The van der Waals surface area contributed by atoms with Crippen LogP contribution >= 0.6 is 11.3 Å². The normalized spacial score (nSPS) is 10.5. The number of aromatic nitrogens is 2. The zero-order chi connectivity index (χ0) is 16.9. The highest BCUT2D eigenvalue weighted by Gasteiger charge is 2.20. The van der Waals surface area contributed by atoms with Gasteiger partial charge in [-0.3, -0.25) is 4.79 Å². The third-order valence-corrected chi connectivity index (χ3v) is 4.14. The van der Waals surface area contributed by atoms with Crippen LogP contribution in [0.2, 0.25) is 0 Å². The maximum Gasteiger partial charge on any atom is 0.339 e. The summed E-state index contributed by atoms with van der Waals surface area (Å²) in [6, 6.07) is 10.1. The van der Waals surface area contributed by atoms with Gasteiger partial charge in [0, 0.05) is 12.0 Å². The van der Waals surface area contributed by atoms with Crippen LogP contribution in [0.3, 0.4) is 0 Å². The molecule has 0 saturated carbocycles. The minimum Gasteiger partial charge on any atom is -0.452 e. The van der Waals surface area contributed by atoms with E-state index in [9.17, 15) is 9.59 Å². The monoisotopic (exact) mass is 342 g/mol. The molecule has 0 N–H and O–H groups in total. The average molecular weight is 342 g/mol. The number of nitrogens with zero attached hydrogens (tertiary/aromatic N) is 2. The number of ketones is 1. The predicted molar refractivity (Wildman–Crippen MR) is 87.0 cm³/mol. The van der Waals surface area contributed by atoms with Crippen LogP contribution in [0.15, 0.2) is 46.2 Å². The Morgan fingerprint density at radius 3 is 2.50 bits per heavy atom. The fourth-order valence-electron chi connectivity index (χ4n) is 2.09. The van der Waals surface area contributed by atoms with E-state index in [1.165, 1.54) is 11.3 Å². The number of rotatable bonds is 6. The van der Waals surface area contributed by atoms with Crippen molar-refractivity contribution >= 4 is 23.1 Å². The topological polar surface area (TPSA) is 82.3 Å². The van der Waals surface area contributed by atoms with Gasteiger partial charge in [0.15, 0.2) is 6.61 Å². The van der Waals surface area contributed by atoms with Crippen LogP contribution in [0.5, 0.6) is 0 Å². The van der Waals surface area contributed by atoms with E-state index in [2.05, 4.69) is 10.2 Å². The van der Waals surface area contributed by atoms with E-state index in [4.69, 9.17) is 9.15 Å². The van der Waals surface area contributed by atoms with Gasteiger partial charge in [0.05, 0.1) is 10.4 Å². The Hall–Kier alpha value is -2.80. The summed E-state index contributed by atoms with van der Waals surface area (Å²) in [6.07, 6.45) is 0.610. The summed E-state index contributed by atoms with van der Waals surface area (Å²) in [5, 5.41) is 9.41. The highest BCUT2D eigenvalue weighted by atomic mass is 32.1. The van der Waals surface area contributed by atoms with Crippen LogP contribution in [-0.4, -0.2) is 21.9 Å². The molecule has 3 aromatic rings. The van der Waals surface area contributed by atoms with Crippen LogP contribution < -0.4 is 0 Å². The van der Waals surface area contributed by atoms with E-state index in [-0.39, 0.29) is 23.8 Å². The predicted octanol–water partition coefficient (Wildman–Crippen LogP) is 3.28. The SMILES string of the molecule is CCc1nnc(COC(=O)c2ccccc2C(=O)c2cccs2)o1. The lowest BCUT2D eigenvalue weighted by Gasteiger charge is -2.07. The second-order valence-corrected chi connectivity index (χ2v) is 5.82. The summed E-state index contributed by atoms with van der Waals surface area (Å²) >= 11 is 1.33. The van der Waals surface area contributed by atoms with E-state index in [1.54, 1.807) is 36.4 Å². The zero-order valence-corrected chi connectivity index (χ0v) is 13.7. The molecule has 2 heterocycles. The quantitative estimate of drug-likeness (QED) is 0.505. The number of esters is 1. The van der Waals surface area contributed by atoms with Gasteiger partial charge in [-0.05, 0) is 17.5 Å². The van der Waals surface area contributed by atoms with Crippen LogP contribution in [0.1, 0.15) is 44.3 Å². The van der Waals surface area contributed by atoms with Gasteiger partial charge < -0.3 is 9.15 Å². The molecule has 3 rings (SSSR count). The van der Waals surface area contributed by atoms with Crippen molar-refractivity contribution < 1.29 is 18.7 Å². The van der Waals surface area contributed by atoms with Gasteiger partial charge in [0.25, 0.3) is 5.89 Å². The number of hydrogen-bond acceptors (Lipinski definition) is 7. The van der Waals surface area contributed by atoms with Crippen molar-refractivity contribution in [3.63, 3.8) is 0 Å². The van der Waals surface area contributed by atoms with Crippen molar-refractivity contribution in [1.82, 2.24) is 10.2 Å². The Kier molecular flexibility index (Phi) is 4.81. The summed E-state index contributed by atoms with van der Waals surface area (Å²) in [5.41, 5.74) is 0.524. The summed E-state index contributed by atoms with van der Waals surface area (Å²) in [4.78, 5) is 25.4. The van der Waals surface area contributed by atoms with Crippen molar-refractivity contribution in [2.45, 2.75) is 20.0 Å². The van der Waals surface area contributed by atoms with Crippen LogP contribution in [0, 0.1) is 0 Å². The molecule has 0 amide bonds. The summed E-state index contributed by atoms with van der Waals surface area (Å²) in [6.45, 7) is 1.75. The molecular weight excluding hydrogens is 328 g/mol. The molecule has 0 bridgehead atoms. The first-order valence-electron chi connectivity index (χ1n) is 7.34. The maximum absolute atomic E-state index is 12.5. The first kappa shape index (κ1) is 16.1. The van der Waals surface area contributed by atoms with E-state index in [0.29, 0.717) is 22.8 Å². The van der Waals surface area contributed by atoms with Gasteiger partial charge in [-0.1, -0.05) is 31.2 Å². The lowest BCUT2D eigenvalue weighted by molar-refractivity contribution is 0.0434. The third-order valence-electron chi connectivity index (χ3n) is 3.27. The van der Waals surface area contributed by atoms with E-state index in [0.717, 1.165) is 0 Å². The van der Waals surface area contributed by atoms with Crippen molar-refractivity contribution in [3.05, 3.63) is 69.6 Å². The molecule has 6 nitrogen and oxygen atoms in total. The first-order chi connectivity index (χ1) is 11.7. The molecule has 0 radical (unpaired) electrons. The number of ether oxygens (including phenoxy) is 1. The molecule has 7 heteroatoms. The fraction of sp³-hybridized carbons (Fsp3) is 0.176. The van der Waals surface area contributed by atoms with Gasteiger partial charge in [0.2, 0.25) is 11.7 Å². The summed E-state index contributed by atoms with van der Waals surface area (Å²) < 4.78 is 10.5. The number of benzene rings is 1. The Bertz CT molecular complexity index is 855. The number of aryl methyl sites for hydroxylation is 1. The Balaban J connectivity index is 1.76. The largest absolute Gasteiger partial charge is 0.452 e. The number of carbonyl (C=O) groups excluding carboxylic acids is 2. The van der Waals surface area contributed by atoms with E-state index < -0.39 is 5.97 Å². The van der Waals surface area contributed by atoms with Gasteiger partial charge in [-0.15, -0.1) is 21.5 Å². The molecule has 0 unspecified atom stereocenters. The van der Waals surface area contributed by atoms with Crippen LogP contribution in [-0.2, 0) is 17.8 Å². The highest BCUT2D eigenvalue weighted by molar-refractivity contribution is 7.12. The lowest BCUT2D eigenvalue weighted by atomic mass is 10.0. The second-order valence-electron chi connectivity index (χ2n) is 4.87. The standard InChI is InChI=1S/C17H14N2O4S/c1-2-14-18-19-15(23-14)10-22-17(21)12-7-4-3-6-11(12)16(20)13-8-5-9-24-13/h3-9H,2,10H2,1H3. The van der Waals surface area contributed by atoms with Crippen molar-refractivity contribution in [3.8, 4) is 0 Å². The van der Waals surface area contributed by atoms with Crippen molar-refractivity contribution in [2.24, 2.45) is 0 Å². The molecule has 0 aliphatic carbocycles. The molecule has 0 fully saturated rings. The molecule has 1 aromatic carbocycles. The number of hydrogen-bond donors (Lipinski definition) is 0. The first-order valence-corrected chi connectivity index (χ1v) is 8.22. The van der Waals surface area contributed by atoms with Gasteiger partial charge in [-0.25, -0.2) is 4.79 Å². The summed E-state index contributed by atoms with van der Waals surface area (Å²) in [7, 11) is 0. The smallest absolute Gasteiger partial charge is 0.339 e. The highest BCUT2D eigenvalue weighted by Crippen LogP contribution is 2.19. The Morgan fingerprint density at radius 2 is 1.83 bits per heavy atom.